The van der Waals surface area contributed by atoms with Crippen LogP contribution in [-0.4, -0.2) is 43.0 Å². The lowest BCUT2D eigenvalue weighted by Gasteiger charge is -2.30. The molecule has 0 radical (unpaired) electrons. The van der Waals surface area contributed by atoms with Crippen LogP contribution >= 0.6 is 0 Å². The van der Waals surface area contributed by atoms with Gasteiger partial charge in [-0.1, -0.05) is 19.4 Å². The van der Waals surface area contributed by atoms with Gasteiger partial charge < -0.3 is 18.9 Å². The molecule has 0 spiro atoms. The summed E-state index contributed by atoms with van der Waals surface area (Å²) in [6.45, 7) is 5.04. The van der Waals surface area contributed by atoms with Crippen LogP contribution in [0.25, 0.3) is 0 Å². The second-order valence-corrected chi connectivity index (χ2v) is 7.82. The van der Waals surface area contributed by atoms with Crippen molar-refractivity contribution in [1.29, 1.82) is 0 Å². The van der Waals surface area contributed by atoms with Crippen molar-refractivity contribution in [2.24, 2.45) is 23.7 Å². The molecule has 0 aromatic rings. The number of hydrogen-bond acceptors (Lipinski definition) is 7. The maximum atomic E-state index is 12.6. The summed E-state index contributed by atoms with van der Waals surface area (Å²) in [6, 6.07) is 0. The predicted octanol–water partition coefficient (Wildman–Crippen LogP) is 1.74. The van der Waals surface area contributed by atoms with E-state index in [4.69, 9.17) is 18.9 Å². The van der Waals surface area contributed by atoms with Gasteiger partial charge in [-0.15, -0.1) is 0 Å². The third-order valence-corrected chi connectivity index (χ3v) is 6.22. The highest BCUT2D eigenvalue weighted by Crippen LogP contribution is 2.59. The fourth-order valence-electron chi connectivity index (χ4n) is 5.03. The van der Waals surface area contributed by atoms with E-state index >= 15 is 0 Å². The maximum absolute atomic E-state index is 12.6. The van der Waals surface area contributed by atoms with Crippen LogP contribution < -0.4 is 0 Å². The number of esters is 3. The van der Waals surface area contributed by atoms with Gasteiger partial charge in [0, 0.05) is 17.4 Å². The molecule has 2 bridgehead atoms. The molecule has 1 heterocycles. The molecule has 3 saturated carbocycles. The smallest absolute Gasteiger partial charge is 0.333 e. The van der Waals surface area contributed by atoms with Gasteiger partial charge in [0.1, 0.15) is 12.2 Å². The molecule has 3 aliphatic carbocycles. The minimum atomic E-state index is -0.638. The molecule has 0 aromatic heterocycles. The molecule has 7 heteroatoms. The third-order valence-electron chi connectivity index (χ3n) is 6.22. The van der Waals surface area contributed by atoms with Gasteiger partial charge in [-0.05, 0) is 26.2 Å². The first kappa shape index (κ1) is 17.5. The van der Waals surface area contributed by atoms with Crippen LogP contribution in [0, 0.1) is 23.7 Å². The van der Waals surface area contributed by atoms with Gasteiger partial charge >= 0.3 is 17.9 Å². The van der Waals surface area contributed by atoms with E-state index < -0.39 is 42.0 Å². The summed E-state index contributed by atoms with van der Waals surface area (Å²) in [5, 5.41) is 0. The maximum Gasteiger partial charge on any atom is 0.333 e. The lowest BCUT2D eigenvalue weighted by molar-refractivity contribution is -0.174. The van der Waals surface area contributed by atoms with Crippen LogP contribution in [0.3, 0.4) is 0 Å². The Kier molecular flexibility index (Phi) is 4.50. The van der Waals surface area contributed by atoms with Crippen LogP contribution in [-0.2, 0) is 33.3 Å². The van der Waals surface area contributed by atoms with E-state index in [0.29, 0.717) is 6.42 Å². The van der Waals surface area contributed by atoms with Crippen LogP contribution in [0.2, 0.25) is 0 Å². The molecule has 6 atom stereocenters. The molecular weight excluding hydrogens is 340 g/mol. The molecule has 0 aromatic carbocycles. The molecule has 142 valence electrons. The van der Waals surface area contributed by atoms with Crippen LogP contribution in [0.15, 0.2) is 12.2 Å². The van der Waals surface area contributed by atoms with Gasteiger partial charge in [-0.25, -0.2) is 4.79 Å². The Labute approximate surface area is 152 Å². The lowest BCUT2D eigenvalue weighted by atomic mass is 9.78. The molecule has 0 N–H and O–H groups in total. The Hall–Kier alpha value is -1.89. The Balaban J connectivity index is 1.42. The van der Waals surface area contributed by atoms with Crippen LogP contribution in [0.5, 0.6) is 0 Å². The van der Waals surface area contributed by atoms with Gasteiger partial charge in [-0.2, -0.15) is 0 Å². The minimum absolute atomic E-state index is 0.0938. The number of carbonyl (C=O) groups excluding carboxylic acids is 3. The fourth-order valence-corrected chi connectivity index (χ4v) is 5.03. The molecule has 26 heavy (non-hydrogen) atoms. The summed E-state index contributed by atoms with van der Waals surface area (Å²) in [5.41, 5.74) is 0.276. The van der Waals surface area contributed by atoms with Crippen molar-refractivity contribution in [3.05, 3.63) is 12.2 Å². The molecule has 0 amide bonds. The molecule has 4 rings (SSSR count). The van der Waals surface area contributed by atoms with Crippen molar-refractivity contribution in [3.8, 4) is 0 Å². The largest absolute Gasteiger partial charge is 0.458 e. The van der Waals surface area contributed by atoms with Crippen molar-refractivity contribution >= 4 is 17.9 Å². The molecule has 7 nitrogen and oxygen atoms in total. The van der Waals surface area contributed by atoms with Crippen molar-refractivity contribution in [3.63, 3.8) is 0 Å². The van der Waals surface area contributed by atoms with Gasteiger partial charge in [0.2, 0.25) is 0 Å². The highest BCUT2D eigenvalue weighted by atomic mass is 16.7. The number of fused-ring (bicyclic) bond motifs is 1. The standard InChI is InChI=1S/C19H24O7/c1-9(2)17(20)25-15-11-7-12-14(19(22)26-16(12)15)13(11)18(21)24-8-23-10-5-3-4-6-10/h10-16H,1,3-8H2,2H3. The van der Waals surface area contributed by atoms with Gasteiger partial charge in [-0.3, -0.25) is 9.59 Å². The Morgan fingerprint density at radius 1 is 1.23 bits per heavy atom. The number of carbonyl (C=O) groups is 3. The van der Waals surface area contributed by atoms with Gasteiger partial charge in [0.15, 0.2) is 6.79 Å². The zero-order valence-electron chi connectivity index (χ0n) is 14.8. The summed E-state index contributed by atoms with van der Waals surface area (Å²) in [4.78, 5) is 36.8. The van der Waals surface area contributed by atoms with E-state index in [2.05, 4.69) is 6.58 Å². The zero-order valence-corrected chi connectivity index (χ0v) is 14.8. The summed E-state index contributed by atoms with van der Waals surface area (Å²) in [5.74, 6) is -2.87. The second kappa shape index (κ2) is 6.68. The first-order chi connectivity index (χ1) is 12.5. The van der Waals surface area contributed by atoms with Crippen molar-refractivity contribution in [2.75, 3.05) is 6.79 Å². The molecule has 6 unspecified atom stereocenters. The normalized spacial score (nSPS) is 37.7. The average molecular weight is 364 g/mol. The molecule has 1 aliphatic heterocycles. The summed E-state index contributed by atoms with van der Waals surface area (Å²) in [7, 11) is 0. The van der Waals surface area contributed by atoms with Crippen LogP contribution in [0.1, 0.15) is 39.0 Å². The monoisotopic (exact) mass is 364 g/mol. The Morgan fingerprint density at radius 3 is 2.65 bits per heavy atom. The second-order valence-electron chi connectivity index (χ2n) is 7.82. The van der Waals surface area contributed by atoms with E-state index in [0.717, 1.165) is 25.7 Å². The van der Waals surface area contributed by atoms with Gasteiger partial charge in [0.25, 0.3) is 0 Å². The van der Waals surface area contributed by atoms with Crippen molar-refractivity contribution in [2.45, 2.75) is 57.3 Å². The van der Waals surface area contributed by atoms with Crippen LogP contribution in [0.4, 0.5) is 0 Å². The lowest BCUT2D eigenvalue weighted by Crippen LogP contribution is -2.44. The van der Waals surface area contributed by atoms with Crippen molar-refractivity contribution < 1.29 is 33.3 Å². The topological polar surface area (TPSA) is 88.1 Å². The Bertz CT molecular complexity index is 636. The summed E-state index contributed by atoms with van der Waals surface area (Å²) in [6.07, 6.45) is 3.94. The minimum Gasteiger partial charge on any atom is -0.458 e. The number of ether oxygens (including phenoxy) is 4. The van der Waals surface area contributed by atoms with E-state index in [9.17, 15) is 14.4 Å². The van der Waals surface area contributed by atoms with E-state index in [1.165, 1.54) is 0 Å². The first-order valence-electron chi connectivity index (χ1n) is 9.32. The molecule has 1 saturated heterocycles. The van der Waals surface area contributed by atoms with E-state index in [1.54, 1.807) is 6.92 Å². The third kappa shape index (κ3) is 2.82. The Morgan fingerprint density at radius 2 is 1.96 bits per heavy atom. The molecule has 4 fully saturated rings. The molecular formula is C19H24O7. The highest BCUT2D eigenvalue weighted by molar-refractivity contribution is 5.88. The quantitative estimate of drug-likeness (QED) is 0.307. The highest BCUT2D eigenvalue weighted by Gasteiger charge is 2.70. The van der Waals surface area contributed by atoms with Gasteiger partial charge in [0.05, 0.1) is 17.9 Å². The van der Waals surface area contributed by atoms with E-state index in [-0.39, 0.29) is 30.3 Å². The molecule has 4 aliphatic rings. The van der Waals surface area contributed by atoms with Crippen molar-refractivity contribution in [1.82, 2.24) is 0 Å². The average Bonchev–Trinajstić information content (AvgIpc) is 3.33. The predicted molar refractivity (Wildman–Crippen MR) is 87.5 cm³/mol. The summed E-state index contributed by atoms with van der Waals surface area (Å²) < 4.78 is 21.8. The number of rotatable bonds is 6. The SMILES string of the molecule is C=C(C)C(=O)OC1C2CC3C1OC(=O)C3C2C(=O)OCOC1CCCC1. The van der Waals surface area contributed by atoms with E-state index in [1.807, 2.05) is 0 Å². The zero-order chi connectivity index (χ0) is 18.4. The number of hydrogen-bond donors (Lipinski definition) is 0. The fraction of sp³-hybridized carbons (Fsp3) is 0.737. The first-order valence-corrected chi connectivity index (χ1v) is 9.32. The summed E-state index contributed by atoms with van der Waals surface area (Å²) >= 11 is 0.